The summed E-state index contributed by atoms with van der Waals surface area (Å²) in [5, 5.41) is 13.5. The van der Waals surface area contributed by atoms with E-state index in [1.807, 2.05) is 18.2 Å². The third-order valence-electron chi connectivity index (χ3n) is 4.09. The second-order valence-corrected chi connectivity index (χ2v) is 6.00. The second kappa shape index (κ2) is 5.40. The number of phenolic OH excluding ortho intramolecular Hbond substituents is 1. The minimum Gasteiger partial charge on any atom is -0.506 e. The molecule has 0 spiro atoms. The van der Waals surface area contributed by atoms with Crippen molar-refractivity contribution < 1.29 is 5.11 Å². The monoisotopic (exact) mass is 297 g/mol. The van der Waals surface area contributed by atoms with E-state index >= 15 is 0 Å². The van der Waals surface area contributed by atoms with Crippen LogP contribution in [-0.4, -0.2) is 11.1 Å². The highest BCUT2D eigenvalue weighted by molar-refractivity contribution is 9.10. The van der Waals surface area contributed by atoms with Gasteiger partial charge in [0.15, 0.2) is 0 Å². The molecule has 1 saturated carbocycles. The van der Waals surface area contributed by atoms with Gasteiger partial charge in [0.25, 0.3) is 0 Å². The van der Waals surface area contributed by atoms with Crippen molar-refractivity contribution in [1.29, 1.82) is 0 Å². The van der Waals surface area contributed by atoms with Crippen LogP contribution in [0.5, 0.6) is 5.75 Å². The first kappa shape index (κ1) is 12.9. The lowest BCUT2D eigenvalue weighted by atomic mass is 9.97. The summed E-state index contributed by atoms with van der Waals surface area (Å²) in [6.07, 6.45) is 2.56. The van der Waals surface area contributed by atoms with Crippen LogP contribution in [0.25, 0.3) is 0 Å². The van der Waals surface area contributed by atoms with Crippen molar-refractivity contribution in [3.05, 3.63) is 28.2 Å². The van der Waals surface area contributed by atoms with Crippen molar-refractivity contribution in [2.45, 2.75) is 39.3 Å². The van der Waals surface area contributed by atoms with E-state index in [4.69, 9.17) is 0 Å². The Morgan fingerprint density at radius 1 is 1.35 bits per heavy atom. The first-order valence-corrected chi connectivity index (χ1v) is 7.08. The van der Waals surface area contributed by atoms with Gasteiger partial charge in [-0.15, -0.1) is 0 Å². The number of hydrogen-bond acceptors (Lipinski definition) is 2. The van der Waals surface area contributed by atoms with Crippen LogP contribution in [-0.2, 0) is 6.54 Å². The van der Waals surface area contributed by atoms with E-state index in [9.17, 15) is 5.11 Å². The number of aromatic hydroxyl groups is 1. The van der Waals surface area contributed by atoms with Gasteiger partial charge in [-0.25, -0.2) is 0 Å². The lowest BCUT2D eigenvalue weighted by molar-refractivity contribution is 0.366. The molecule has 0 aromatic heterocycles. The van der Waals surface area contributed by atoms with Crippen molar-refractivity contribution in [2.75, 3.05) is 0 Å². The normalized spacial score (nSPS) is 28.5. The zero-order chi connectivity index (χ0) is 12.4. The van der Waals surface area contributed by atoms with E-state index in [0.29, 0.717) is 11.8 Å². The van der Waals surface area contributed by atoms with Gasteiger partial charge >= 0.3 is 0 Å². The largest absolute Gasteiger partial charge is 0.506 e. The molecule has 0 radical (unpaired) electrons. The van der Waals surface area contributed by atoms with Crippen LogP contribution in [0.15, 0.2) is 22.7 Å². The average Bonchev–Trinajstić information content (AvgIpc) is 2.62. The van der Waals surface area contributed by atoms with Crippen LogP contribution < -0.4 is 5.32 Å². The molecule has 3 atom stereocenters. The summed E-state index contributed by atoms with van der Waals surface area (Å²) in [4.78, 5) is 0. The smallest absolute Gasteiger partial charge is 0.134 e. The van der Waals surface area contributed by atoms with E-state index in [0.717, 1.165) is 28.4 Å². The number of rotatable bonds is 3. The van der Waals surface area contributed by atoms with Crippen LogP contribution in [0.1, 0.15) is 32.3 Å². The first-order valence-electron chi connectivity index (χ1n) is 6.29. The fourth-order valence-corrected chi connectivity index (χ4v) is 3.00. The summed E-state index contributed by atoms with van der Waals surface area (Å²) >= 11 is 3.34. The van der Waals surface area contributed by atoms with Crippen molar-refractivity contribution in [3.63, 3.8) is 0 Å². The molecule has 0 bridgehead atoms. The molecule has 17 heavy (non-hydrogen) atoms. The van der Waals surface area contributed by atoms with Gasteiger partial charge in [0.2, 0.25) is 0 Å². The summed E-state index contributed by atoms with van der Waals surface area (Å²) in [5.41, 5.74) is 0.964. The standard InChI is InChI=1S/C14H20BrNO/c1-9-6-7-13(10(9)2)16-8-11-4-3-5-12(15)14(11)17/h3-5,9-10,13,16-17H,6-8H2,1-2H3. The molecular weight excluding hydrogens is 278 g/mol. The number of phenols is 1. The van der Waals surface area contributed by atoms with Gasteiger partial charge in [0.05, 0.1) is 4.47 Å². The summed E-state index contributed by atoms with van der Waals surface area (Å²) in [6.45, 7) is 5.38. The summed E-state index contributed by atoms with van der Waals surface area (Å²) in [7, 11) is 0. The molecule has 2 nitrogen and oxygen atoms in total. The number of benzene rings is 1. The Hall–Kier alpha value is -0.540. The minimum absolute atomic E-state index is 0.360. The van der Waals surface area contributed by atoms with Crippen LogP contribution >= 0.6 is 15.9 Å². The molecule has 2 rings (SSSR count). The third kappa shape index (κ3) is 2.83. The Kier molecular flexibility index (Phi) is 4.10. The molecule has 1 fully saturated rings. The maximum Gasteiger partial charge on any atom is 0.134 e. The molecule has 0 saturated heterocycles. The molecule has 1 aromatic carbocycles. The zero-order valence-electron chi connectivity index (χ0n) is 10.4. The molecule has 0 aliphatic heterocycles. The number of halogens is 1. The van der Waals surface area contributed by atoms with Gasteiger partial charge in [-0.05, 0) is 46.7 Å². The summed E-state index contributed by atoms with van der Waals surface area (Å²) in [5.74, 6) is 1.90. The molecule has 3 unspecified atom stereocenters. The van der Waals surface area contributed by atoms with Gasteiger partial charge < -0.3 is 10.4 Å². The van der Waals surface area contributed by atoms with Gasteiger partial charge in [-0.2, -0.15) is 0 Å². The van der Waals surface area contributed by atoms with Crippen molar-refractivity contribution in [1.82, 2.24) is 5.32 Å². The molecule has 1 aliphatic carbocycles. The Labute approximate surface area is 112 Å². The van der Waals surface area contributed by atoms with E-state index in [1.165, 1.54) is 12.8 Å². The molecule has 2 N–H and O–H groups in total. The maximum absolute atomic E-state index is 9.90. The third-order valence-corrected chi connectivity index (χ3v) is 4.73. The van der Waals surface area contributed by atoms with Crippen LogP contribution in [0, 0.1) is 11.8 Å². The summed E-state index contributed by atoms with van der Waals surface area (Å²) < 4.78 is 0.768. The van der Waals surface area contributed by atoms with E-state index < -0.39 is 0 Å². The second-order valence-electron chi connectivity index (χ2n) is 5.15. The molecule has 0 heterocycles. The van der Waals surface area contributed by atoms with Crippen molar-refractivity contribution in [2.24, 2.45) is 11.8 Å². The van der Waals surface area contributed by atoms with Gasteiger partial charge in [-0.1, -0.05) is 26.0 Å². The molecule has 0 amide bonds. The lowest BCUT2D eigenvalue weighted by Gasteiger charge is -2.20. The van der Waals surface area contributed by atoms with E-state index in [2.05, 4.69) is 35.1 Å². The molecular formula is C14H20BrNO. The first-order chi connectivity index (χ1) is 8.09. The molecule has 94 valence electrons. The van der Waals surface area contributed by atoms with E-state index in [1.54, 1.807) is 0 Å². The number of hydrogen-bond donors (Lipinski definition) is 2. The quantitative estimate of drug-likeness (QED) is 0.892. The number of para-hydroxylation sites is 1. The van der Waals surface area contributed by atoms with Crippen molar-refractivity contribution >= 4 is 15.9 Å². The van der Waals surface area contributed by atoms with Crippen molar-refractivity contribution in [3.8, 4) is 5.75 Å². The van der Waals surface area contributed by atoms with Crippen LogP contribution in [0.3, 0.4) is 0 Å². The highest BCUT2D eigenvalue weighted by Crippen LogP contribution is 2.32. The average molecular weight is 298 g/mol. The Morgan fingerprint density at radius 2 is 2.12 bits per heavy atom. The fourth-order valence-electron chi connectivity index (χ4n) is 2.60. The van der Waals surface area contributed by atoms with Crippen LogP contribution in [0.4, 0.5) is 0 Å². The number of nitrogens with one attached hydrogen (secondary N) is 1. The van der Waals surface area contributed by atoms with Gasteiger partial charge in [0.1, 0.15) is 5.75 Å². The highest BCUT2D eigenvalue weighted by atomic mass is 79.9. The lowest BCUT2D eigenvalue weighted by Crippen LogP contribution is -2.31. The predicted octanol–water partition coefficient (Wildman–Crippen LogP) is 3.68. The Morgan fingerprint density at radius 3 is 2.76 bits per heavy atom. The highest BCUT2D eigenvalue weighted by Gasteiger charge is 2.29. The Balaban J connectivity index is 1.96. The van der Waals surface area contributed by atoms with Gasteiger partial charge in [-0.3, -0.25) is 0 Å². The fraction of sp³-hybridized carbons (Fsp3) is 0.571. The minimum atomic E-state index is 0.360. The predicted molar refractivity (Wildman–Crippen MR) is 74.0 cm³/mol. The topological polar surface area (TPSA) is 32.3 Å². The van der Waals surface area contributed by atoms with E-state index in [-0.39, 0.29) is 0 Å². The van der Waals surface area contributed by atoms with Gasteiger partial charge in [0, 0.05) is 18.2 Å². The molecule has 1 aromatic rings. The maximum atomic E-state index is 9.90. The molecule has 3 heteroatoms. The zero-order valence-corrected chi connectivity index (χ0v) is 12.0. The van der Waals surface area contributed by atoms with Crippen LogP contribution in [0.2, 0.25) is 0 Å². The SMILES string of the molecule is CC1CCC(NCc2cccc(Br)c2O)C1C. The Bertz CT molecular complexity index is 394. The molecule has 1 aliphatic rings. The summed E-state index contributed by atoms with van der Waals surface area (Å²) in [6, 6.07) is 6.37.